The summed E-state index contributed by atoms with van der Waals surface area (Å²) in [6.45, 7) is 4.00. The van der Waals surface area contributed by atoms with Gasteiger partial charge >= 0.3 is 0 Å². The molecule has 27 heavy (non-hydrogen) atoms. The monoisotopic (exact) mass is 384 g/mol. The number of β-amino-alcohol motifs (C(OH)–C–C–N with tert-alkyl or cyclic N) is 1. The van der Waals surface area contributed by atoms with Gasteiger partial charge in [-0.15, -0.1) is 12.4 Å². The minimum atomic E-state index is 0. The molecule has 1 aliphatic heterocycles. The zero-order valence-corrected chi connectivity index (χ0v) is 15.7. The van der Waals surface area contributed by atoms with Gasteiger partial charge in [-0.25, -0.2) is 0 Å². The number of aliphatic hydroxyl groups is 1. The summed E-state index contributed by atoms with van der Waals surface area (Å²) in [5, 5.41) is 20.8. The Kier molecular flexibility index (Phi) is 5.97. The predicted molar refractivity (Wildman–Crippen MR) is 107 cm³/mol. The third kappa shape index (κ3) is 3.76. The highest BCUT2D eigenvalue weighted by Crippen LogP contribution is 2.32. The normalized spacial score (nSPS) is 14.7. The van der Waals surface area contributed by atoms with Gasteiger partial charge in [-0.2, -0.15) is 10.2 Å². The third-order valence-electron chi connectivity index (χ3n) is 4.81. The number of nitriles is 1. The molecule has 4 rings (SSSR count). The van der Waals surface area contributed by atoms with Gasteiger partial charge in [-0.05, 0) is 16.8 Å². The summed E-state index contributed by atoms with van der Waals surface area (Å²) in [5.41, 5.74) is 1.22. The topological polar surface area (TPSA) is 76.5 Å². The molecule has 1 saturated heterocycles. The van der Waals surface area contributed by atoms with Crippen LogP contribution in [-0.2, 0) is 0 Å². The van der Waals surface area contributed by atoms with Gasteiger partial charge < -0.3 is 14.4 Å². The van der Waals surface area contributed by atoms with Crippen molar-refractivity contribution in [2.75, 3.05) is 44.2 Å². The molecule has 6 nitrogen and oxygen atoms in total. The van der Waals surface area contributed by atoms with Gasteiger partial charge in [-0.3, -0.25) is 4.90 Å². The fraction of sp³-hybridized carbons (Fsp3) is 0.300. The molecule has 0 unspecified atom stereocenters. The first kappa shape index (κ1) is 19.2. The number of benzene rings is 2. The highest BCUT2D eigenvalue weighted by molar-refractivity contribution is 5.94. The fourth-order valence-corrected chi connectivity index (χ4v) is 3.44. The second-order valence-electron chi connectivity index (χ2n) is 6.36. The number of nitrogens with zero attached hydrogens (tertiary/aromatic N) is 4. The summed E-state index contributed by atoms with van der Waals surface area (Å²) < 4.78 is 6.06. The van der Waals surface area contributed by atoms with Gasteiger partial charge in [-0.1, -0.05) is 36.4 Å². The van der Waals surface area contributed by atoms with E-state index in [2.05, 4.69) is 20.9 Å². The maximum absolute atomic E-state index is 9.52. The summed E-state index contributed by atoms with van der Waals surface area (Å²) in [5.74, 6) is 1.02. The molecule has 0 aliphatic carbocycles. The minimum Gasteiger partial charge on any atom is -0.419 e. The number of piperazine rings is 1. The predicted octanol–water partition coefficient (Wildman–Crippen LogP) is 2.90. The van der Waals surface area contributed by atoms with Crippen molar-refractivity contribution in [1.82, 2.24) is 9.88 Å². The molecule has 1 aromatic heterocycles. The molecule has 7 heteroatoms. The molecule has 0 radical (unpaired) electrons. The zero-order chi connectivity index (χ0) is 17.9. The molecule has 2 aromatic carbocycles. The Balaban J connectivity index is 0.00000210. The van der Waals surface area contributed by atoms with E-state index < -0.39 is 0 Å². The maximum Gasteiger partial charge on any atom is 0.235 e. The van der Waals surface area contributed by atoms with Crippen molar-refractivity contribution in [3.8, 4) is 17.5 Å². The Hall–Kier alpha value is -2.59. The van der Waals surface area contributed by atoms with Crippen molar-refractivity contribution >= 4 is 29.1 Å². The summed E-state index contributed by atoms with van der Waals surface area (Å²) in [4.78, 5) is 8.72. The SMILES string of the molecule is Cl.N#Cc1nc(-c2cccc3ccccc23)oc1N1CCN(CCO)CC1. The average molecular weight is 385 g/mol. The van der Waals surface area contributed by atoms with E-state index in [0.717, 1.165) is 42.5 Å². The lowest BCUT2D eigenvalue weighted by atomic mass is 10.0. The quantitative estimate of drug-likeness (QED) is 0.745. The standard InChI is InChI=1S/C20H20N4O2.ClH/c21-14-18-20(24-10-8-23(9-11-24)12-13-25)26-19(22-18)17-7-3-5-15-4-1-2-6-16(15)17;/h1-7,25H,8-13H2;1H. The van der Waals surface area contributed by atoms with E-state index in [9.17, 15) is 5.26 Å². The van der Waals surface area contributed by atoms with Crippen molar-refractivity contribution in [3.05, 3.63) is 48.2 Å². The van der Waals surface area contributed by atoms with Gasteiger partial charge in [0.05, 0.1) is 6.61 Å². The molecule has 0 saturated carbocycles. The zero-order valence-electron chi connectivity index (χ0n) is 14.8. The number of fused-ring (bicyclic) bond motifs is 1. The number of oxazole rings is 1. The smallest absolute Gasteiger partial charge is 0.235 e. The number of hydrogen-bond donors (Lipinski definition) is 1. The molecule has 0 bridgehead atoms. The first-order valence-corrected chi connectivity index (χ1v) is 8.77. The number of aliphatic hydroxyl groups excluding tert-OH is 1. The summed E-state index contributed by atoms with van der Waals surface area (Å²) >= 11 is 0. The van der Waals surface area contributed by atoms with E-state index in [4.69, 9.17) is 9.52 Å². The molecule has 0 spiro atoms. The van der Waals surface area contributed by atoms with Gasteiger partial charge in [0.1, 0.15) is 6.07 Å². The van der Waals surface area contributed by atoms with Crippen LogP contribution in [0.3, 0.4) is 0 Å². The number of rotatable bonds is 4. The van der Waals surface area contributed by atoms with Crippen LogP contribution in [0.15, 0.2) is 46.9 Å². The van der Waals surface area contributed by atoms with Crippen molar-refractivity contribution in [2.24, 2.45) is 0 Å². The average Bonchev–Trinajstić information content (AvgIpc) is 3.12. The largest absolute Gasteiger partial charge is 0.419 e. The van der Waals surface area contributed by atoms with Crippen molar-refractivity contribution < 1.29 is 9.52 Å². The van der Waals surface area contributed by atoms with Crippen LogP contribution < -0.4 is 4.90 Å². The lowest BCUT2D eigenvalue weighted by molar-refractivity contribution is 0.187. The summed E-state index contributed by atoms with van der Waals surface area (Å²) in [6.07, 6.45) is 0. The number of anilines is 1. The van der Waals surface area contributed by atoms with E-state index in [1.807, 2.05) is 42.5 Å². The van der Waals surface area contributed by atoms with E-state index in [1.165, 1.54) is 0 Å². The van der Waals surface area contributed by atoms with Crippen molar-refractivity contribution in [2.45, 2.75) is 0 Å². The van der Waals surface area contributed by atoms with Gasteiger partial charge in [0, 0.05) is 38.3 Å². The van der Waals surface area contributed by atoms with Crippen LogP contribution >= 0.6 is 12.4 Å². The first-order chi connectivity index (χ1) is 12.8. The lowest BCUT2D eigenvalue weighted by Gasteiger charge is -2.34. The molecular weight excluding hydrogens is 364 g/mol. The van der Waals surface area contributed by atoms with Crippen molar-refractivity contribution in [1.29, 1.82) is 5.26 Å². The minimum absolute atomic E-state index is 0. The van der Waals surface area contributed by atoms with Crippen LogP contribution in [0.25, 0.3) is 22.2 Å². The Bertz CT molecular complexity index is 953. The maximum atomic E-state index is 9.52. The second-order valence-corrected chi connectivity index (χ2v) is 6.36. The lowest BCUT2D eigenvalue weighted by Crippen LogP contribution is -2.47. The van der Waals surface area contributed by atoms with Gasteiger partial charge in [0.25, 0.3) is 0 Å². The molecule has 0 atom stereocenters. The highest BCUT2D eigenvalue weighted by Gasteiger charge is 2.24. The van der Waals surface area contributed by atoms with Crippen LogP contribution in [0.5, 0.6) is 0 Å². The molecule has 1 N–H and O–H groups in total. The van der Waals surface area contributed by atoms with Crippen molar-refractivity contribution in [3.63, 3.8) is 0 Å². The van der Waals surface area contributed by atoms with Crippen LogP contribution in [0.4, 0.5) is 5.88 Å². The number of halogens is 1. The Morgan fingerprint density at radius 3 is 2.56 bits per heavy atom. The van der Waals surface area contributed by atoms with E-state index >= 15 is 0 Å². The van der Waals surface area contributed by atoms with E-state index in [-0.39, 0.29) is 19.0 Å². The fourth-order valence-electron chi connectivity index (χ4n) is 3.44. The van der Waals surface area contributed by atoms with Gasteiger partial charge in [0.15, 0.2) is 0 Å². The molecule has 0 amide bonds. The molecule has 3 aromatic rings. The van der Waals surface area contributed by atoms with Crippen LogP contribution in [0.1, 0.15) is 5.69 Å². The second kappa shape index (κ2) is 8.40. The van der Waals surface area contributed by atoms with Crippen LogP contribution in [0, 0.1) is 11.3 Å². The van der Waals surface area contributed by atoms with Crippen LogP contribution in [-0.4, -0.2) is 54.3 Å². The number of aromatic nitrogens is 1. The molecule has 140 valence electrons. The van der Waals surface area contributed by atoms with E-state index in [0.29, 0.717) is 24.0 Å². The number of hydrogen-bond acceptors (Lipinski definition) is 6. The molecular formula is C20H21ClN4O2. The first-order valence-electron chi connectivity index (χ1n) is 8.77. The Labute approximate surface area is 164 Å². The van der Waals surface area contributed by atoms with Crippen LogP contribution in [0.2, 0.25) is 0 Å². The molecule has 2 heterocycles. The third-order valence-corrected chi connectivity index (χ3v) is 4.81. The van der Waals surface area contributed by atoms with E-state index in [1.54, 1.807) is 0 Å². The van der Waals surface area contributed by atoms with Gasteiger partial charge in [0.2, 0.25) is 17.5 Å². The Morgan fingerprint density at radius 2 is 1.81 bits per heavy atom. The summed E-state index contributed by atoms with van der Waals surface area (Å²) in [7, 11) is 0. The Morgan fingerprint density at radius 1 is 1.07 bits per heavy atom. The molecule has 1 fully saturated rings. The molecule has 1 aliphatic rings. The highest BCUT2D eigenvalue weighted by atomic mass is 35.5. The summed E-state index contributed by atoms with van der Waals surface area (Å²) in [6, 6.07) is 16.2.